The van der Waals surface area contributed by atoms with Crippen LogP contribution in [-0.4, -0.2) is 68.8 Å². The van der Waals surface area contributed by atoms with Crippen LogP contribution in [0.15, 0.2) is 18.2 Å². The average Bonchev–Trinajstić information content (AvgIpc) is 2.90. The van der Waals surface area contributed by atoms with E-state index < -0.39 is 0 Å². The Labute approximate surface area is 144 Å². The highest BCUT2D eigenvalue weighted by Gasteiger charge is 2.35. The van der Waals surface area contributed by atoms with Gasteiger partial charge >= 0.3 is 0 Å². The molecule has 0 bridgehead atoms. The standard InChI is InChI=1S/C19H36N3S/c1-16-14-17(8-9-19(16)20)21-11-10-18(15-21)22(2,3)12-7-13-23(4,5)6/h8-9,14,18H,7,10-13,15,20H2,1-6H3/q+1. The second kappa shape index (κ2) is 6.94. The third-order valence-electron chi connectivity index (χ3n) is 5.26. The first kappa shape index (κ1) is 18.5. The first-order valence-electron chi connectivity index (χ1n) is 8.68. The van der Waals surface area contributed by atoms with Crippen LogP contribution >= 0.6 is 10.0 Å². The minimum atomic E-state index is -0.365. The Hall–Kier alpha value is -0.870. The summed E-state index contributed by atoms with van der Waals surface area (Å²) in [6.07, 6.45) is 9.91. The molecule has 1 unspecified atom stereocenters. The third-order valence-corrected chi connectivity index (χ3v) is 6.77. The summed E-state index contributed by atoms with van der Waals surface area (Å²) >= 11 is 0. The highest BCUT2D eigenvalue weighted by atomic mass is 32.3. The third kappa shape index (κ3) is 5.05. The largest absolute Gasteiger partial charge is 0.399 e. The molecule has 3 nitrogen and oxygen atoms in total. The Balaban J connectivity index is 1.94. The zero-order chi connectivity index (χ0) is 17.3. The summed E-state index contributed by atoms with van der Waals surface area (Å²) in [6, 6.07) is 7.20. The summed E-state index contributed by atoms with van der Waals surface area (Å²) in [5.41, 5.74) is 9.37. The molecule has 1 aliphatic heterocycles. The van der Waals surface area contributed by atoms with Gasteiger partial charge in [0.15, 0.2) is 0 Å². The van der Waals surface area contributed by atoms with Gasteiger partial charge in [-0.3, -0.25) is 0 Å². The van der Waals surface area contributed by atoms with Gasteiger partial charge < -0.3 is 15.1 Å². The van der Waals surface area contributed by atoms with Crippen LogP contribution in [-0.2, 0) is 0 Å². The monoisotopic (exact) mass is 338 g/mol. The molecule has 132 valence electrons. The molecule has 0 saturated carbocycles. The van der Waals surface area contributed by atoms with E-state index in [-0.39, 0.29) is 10.0 Å². The van der Waals surface area contributed by atoms with Crippen molar-refractivity contribution >= 4 is 21.4 Å². The number of nitrogens with zero attached hydrogens (tertiary/aromatic N) is 2. The lowest BCUT2D eigenvalue weighted by atomic mass is 10.1. The molecule has 0 aromatic heterocycles. The van der Waals surface area contributed by atoms with Gasteiger partial charge in [0, 0.05) is 30.8 Å². The van der Waals surface area contributed by atoms with Gasteiger partial charge in [-0.05, 0) is 55.2 Å². The molecule has 1 heterocycles. The van der Waals surface area contributed by atoms with Gasteiger partial charge in [-0.15, -0.1) is 0 Å². The van der Waals surface area contributed by atoms with Crippen LogP contribution in [0.1, 0.15) is 18.4 Å². The highest BCUT2D eigenvalue weighted by molar-refractivity contribution is 8.32. The summed E-state index contributed by atoms with van der Waals surface area (Å²) in [7, 11) is 4.47. The van der Waals surface area contributed by atoms with Gasteiger partial charge in [-0.1, -0.05) is 0 Å². The summed E-state index contributed by atoms with van der Waals surface area (Å²) in [5, 5.41) is 0. The average molecular weight is 339 g/mol. The van der Waals surface area contributed by atoms with Crippen molar-refractivity contribution in [1.29, 1.82) is 0 Å². The number of nitrogen functional groups attached to an aromatic ring is 1. The van der Waals surface area contributed by atoms with Crippen molar-refractivity contribution in [3.05, 3.63) is 23.8 Å². The van der Waals surface area contributed by atoms with E-state index in [4.69, 9.17) is 5.73 Å². The number of rotatable bonds is 6. The molecule has 1 aliphatic rings. The molecule has 1 saturated heterocycles. The maximum absolute atomic E-state index is 5.95. The SMILES string of the molecule is Cc1cc(N2CCC([N+](C)(C)CCCS(C)(C)C)C2)ccc1N. The maximum Gasteiger partial charge on any atom is 0.108 e. The normalized spacial score (nSPS) is 20.1. The van der Waals surface area contributed by atoms with Crippen LogP contribution in [0.5, 0.6) is 0 Å². The molecule has 23 heavy (non-hydrogen) atoms. The summed E-state index contributed by atoms with van der Waals surface area (Å²) in [5.74, 6) is 1.39. The molecule has 4 heteroatoms. The van der Waals surface area contributed by atoms with Gasteiger partial charge in [-0.25, -0.2) is 10.0 Å². The van der Waals surface area contributed by atoms with E-state index in [0.717, 1.165) is 16.2 Å². The van der Waals surface area contributed by atoms with Gasteiger partial charge in [0.05, 0.1) is 27.2 Å². The van der Waals surface area contributed by atoms with E-state index in [1.807, 2.05) is 6.07 Å². The quantitative estimate of drug-likeness (QED) is 0.637. The van der Waals surface area contributed by atoms with Gasteiger partial charge in [-0.2, -0.15) is 0 Å². The lowest BCUT2D eigenvalue weighted by Crippen LogP contribution is -2.51. The molecular formula is C19H36N3S+. The van der Waals surface area contributed by atoms with E-state index in [1.54, 1.807) is 0 Å². The van der Waals surface area contributed by atoms with Crippen LogP contribution in [0.2, 0.25) is 0 Å². The Morgan fingerprint density at radius 3 is 2.57 bits per heavy atom. The molecule has 1 aromatic rings. The first-order chi connectivity index (χ1) is 10.6. The number of likely N-dealkylation sites (N-methyl/N-ethyl adjacent to an activating group) is 1. The van der Waals surface area contributed by atoms with Crippen molar-refractivity contribution in [2.45, 2.75) is 25.8 Å². The summed E-state index contributed by atoms with van der Waals surface area (Å²) in [4.78, 5) is 2.53. The topological polar surface area (TPSA) is 29.3 Å². The van der Waals surface area contributed by atoms with E-state index >= 15 is 0 Å². The van der Waals surface area contributed by atoms with Crippen molar-refractivity contribution in [2.75, 3.05) is 68.9 Å². The Morgan fingerprint density at radius 1 is 1.26 bits per heavy atom. The number of anilines is 2. The smallest absolute Gasteiger partial charge is 0.108 e. The van der Waals surface area contributed by atoms with Gasteiger partial charge in [0.2, 0.25) is 0 Å². The minimum Gasteiger partial charge on any atom is -0.399 e. The second-order valence-corrected chi connectivity index (χ2v) is 13.2. The molecule has 0 aliphatic carbocycles. The molecule has 0 spiro atoms. The fraction of sp³-hybridized carbons (Fsp3) is 0.684. The number of aryl methyl sites for hydroxylation is 1. The van der Waals surface area contributed by atoms with Crippen molar-refractivity contribution < 1.29 is 4.48 Å². The van der Waals surface area contributed by atoms with Crippen LogP contribution in [0.25, 0.3) is 0 Å². The second-order valence-electron chi connectivity index (χ2n) is 8.58. The van der Waals surface area contributed by atoms with Crippen molar-refractivity contribution in [1.82, 2.24) is 0 Å². The molecule has 2 rings (SSSR count). The molecule has 1 aromatic carbocycles. The zero-order valence-corrected chi connectivity index (χ0v) is 16.7. The van der Waals surface area contributed by atoms with Crippen LogP contribution in [0.3, 0.4) is 0 Å². The number of hydrogen-bond acceptors (Lipinski definition) is 2. The molecular weight excluding hydrogens is 302 g/mol. The van der Waals surface area contributed by atoms with Crippen LogP contribution < -0.4 is 10.6 Å². The predicted octanol–water partition coefficient (Wildman–Crippen LogP) is 3.32. The number of hydrogen-bond donors (Lipinski definition) is 1. The van der Waals surface area contributed by atoms with Gasteiger partial charge in [0.25, 0.3) is 0 Å². The lowest BCUT2D eigenvalue weighted by molar-refractivity contribution is -0.912. The highest BCUT2D eigenvalue weighted by Crippen LogP contribution is 2.35. The molecule has 1 atom stereocenters. The molecule has 2 N–H and O–H groups in total. The van der Waals surface area contributed by atoms with Crippen molar-refractivity contribution in [2.24, 2.45) is 0 Å². The first-order valence-corrected chi connectivity index (χ1v) is 11.7. The molecule has 1 fully saturated rings. The zero-order valence-electron chi connectivity index (χ0n) is 15.9. The van der Waals surface area contributed by atoms with E-state index in [9.17, 15) is 0 Å². The predicted molar refractivity (Wildman–Crippen MR) is 108 cm³/mol. The fourth-order valence-corrected chi connectivity index (χ4v) is 4.49. The Bertz CT molecular complexity index is 534. The lowest BCUT2D eigenvalue weighted by Gasteiger charge is -2.37. The molecule has 0 amide bonds. The van der Waals surface area contributed by atoms with E-state index in [2.05, 4.69) is 56.8 Å². The van der Waals surface area contributed by atoms with E-state index in [0.29, 0.717) is 0 Å². The van der Waals surface area contributed by atoms with Crippen molar-refractivity contribution in [3.8, 4) is 0 Å². The Morgan fingerprint density at radius 2 is 1.96 bits per heavy atom. The maximum atomic E-state index is 5.95. The summed E-state index contributed by atoms with van der Waals surface area (Å²) < 4.78 is 1.15. The Kier molecular flexibility index (Phi) is 5.57. The fourth-order valence-electron chi connectivity index (χ4n) is 3.49. The minimum absolute atomic E-state index is 0.365. The van der Waals surface area contributed by atoms with E-state index in [1.165, 1.54) is 49.5 Å². The number of quaternary nitrogens is 1. The number of nitrogens with two attached hydrogens (primary N) is 1. The van der Waals surface area contributed by atoms with Crippen molar-refractivity contribution in [3.63, 3.8) is 0 Å². The van der Waals surface area contributed by atoms with Crippen LogP contribution in [0.4, 0.5) is 11.4 Å². The van der Waals surface area contributed by atoms with Crippen LogP contribution in [0, 0.1) is 6.92 Å². The number of benzene rings is 1. The van der Waals surface area contributed by atoms with Gasteiger partial charge in [0.1, 0.15) is 6.04 Å². The summed E-state index contributed by atoms with van der Waals surface area (Å²) in [6.45, 7) is 5.73. The molecule has 0 radical (unpaired) electrons.